The van der Waals surface area contributed by atoms with Gasteiger partial charge < -0.3 is 9.47 Å². The highest BCUT2D eigenvalue weighted by Gasteiger charge is 2.21. The third-order valence-corrected chi connectivity index (χ3v) is 16.4. The van der Waals surface area contributed by atoms with Gasteiger partial charge in [-0.2, -0.15) is 0 Å². The van der Waals surface area contributed by atoms with Crippen LogP contribution >= 0.6 is 11.3 Å². The second kappa shape index (κ2) is 23.9. The van der Waals surface area contributed by atoms with Crippen LogP contribution in [-0.2, 0) is 6.42 Å². The van der Waals surface area contributed by atoms with Gasteiger partial charge in [-0.15, -0.1) is 11.3 Å². The van der Waals surface area contributed by atoms with Gasteiger partial charge in [0, 0.05) is 101 Å². The second-order valence-electron chi connectivity index (χ2n) is 20.8. The third-order valence-electron chi connectivity index (χ3n) is 15.3. The number of nitrogens with zero attached hydrogens (tertiary/aromatic N) is 6. The molecule has 0 amide bonds. The van der Waals surface area contributed by atoms with Gasteiger partial charge in [0.15, 0.2) is 0 Å². The van der Waals surface area contributed by atoms with Crippen molar-refractivity contribution in [2.75, 3.05) is 4.90 Å². The smallest absolute Gasteiger partial charge is 0.0708 e. The minimum absolute atomic E-state index is 0.778. The highest BCUT2D eigenvalue weighted by molar-refractivity contribution is 7.25. The first-order chi connectivity index (χ1) is 41.4. The van der Waals surface area contributed by atoms with Crippen molar-refractivity contribution in [2.24, 2.45) is 0 Å². The number of pyridine rings is 4. The van der Waals surface area contributed by atoms with E-state index in [0.717, 1.165) is 96.4 Å². The van der Waals surface area contributed by atoms with E-state index in [9.17, 15) is 0 Å². The van der Waals surface area contributed by atoms with Crippen molar-refractivity contribution in [2.45, 2.75) is 20.3 Å². The Morgan fingerprint density at radius 2 is 0.893 bits per heavy atom. The van der Waals surface area contributed by atoms with Crippen molar-refractivity contribution in [3.8, 4) is 61.6 Å². The molecule has 14 aromatic rings. The van der Waals surface area contributed by atoms with Crippen LogP contribution in [0.15, 0.2) is 304 Å². The number of anilines is 2. The van der Waals surface area contributed by atoms with Crippen molar-refractivity contribution < 1.29 is 0 Å². The minimum atomic E-state index is 0.778. The van der Waals surface area contributed by atoms with Crippen molar-refractivity contribution in [3.05, 3.63) is 321 Å². The molecule has 0 fully saturated rings. The van der Waals surface area contributed by atoms with Crippen LogP contribution in [0.1, 0.15) is 17.0 Å². The summed E-state index contributed by atoms with van der Waals surface area (Å²) in [6.07, 6.45) is 16.6. The molecule has 0 saturated heterocycles. The Morgan fingerprint density at radius 1 is 0.393 bits per heavy atom. The first-order valence-corrected chi connectivity index (χ1v) is 29.1. The van der Waals surface area contributed by atoms with Crippen LogP contribution in [0.5, 0.6) is 0 Å². The number of thiophene rings is 1. The van der Waals surface area contributed by atoms with E-state index in [4.69, 9.17) is 9.97 Å². The first-order valence-electron chi connectivity index (χ1n) is 28.2. The molecule has 7 heteroatoms. The van der Waals surface area contributed by atoms with Gasteiger partial charge in [-0.3, -0.25) is 19.9 Å². The molecule has 0 saturated carbocycles. The molecule has 0 aliphatic carbocycles. The molecule has 8 aromatic carbocycles. The lowest BCUT2D eigenvalue weighted by Gasteiger charge is -2.28. The van der Waals surface area contributed by atoms with Gasteiger partial charge in [0.05, 0.1) is 22.4 Å². The Morgan fingerprint density at radius 3 is 1.45 bits per heavy atom. The summed E-state index contributed by atoms with van der Waals surface area (Å²) >= 11 is 1.84. The summed E-state index contributed by atoms with van der Waals surface area (Å²) in [4.78, 5) is 19.7. The van der Waals surface area contributed by atoms with E-state index in [0.29, 0.717) is 0 Å². The molecule has 0 spiro atoms. The molecule has 1 aliphatic rings. The summed E-state index contributed by atoms with van der Waals surface area (Å²) in [7, 11) is 0. The highest BCUT2D eigenvalue weighted by Crippen LogP contribution is 2.44. The van der Waals surface area contributed by atoms with Gasteiger partial charge in [0.2, 0.25) is 0 Å². The van der Waals surface area contributed by atoms with Crippen molar-refractivity contribution in [1.82, 2.24) is 24.5 Å². The molecule has 0 atom stereocenters. The lowest BCUT2D eigenvalue weighted by Crippen LogP contribution is -2.16. The van der Waals surface area contributed by atoms with E-state index in [2.05, 4.69) is 238 Å². The van der Waals surface area contributed by atoms with Crippen molar-refractivity contribution >= 4 is 64.7 Å². The van der Waals surface area contributed by atoms with Crippen molar-refractivity contribution in [1.29, 1.82) is 0 Å². The van der Waals surface area contributed by atoms with E-state index < -0.39 is 0 Å². The van der Waals surface area contributed by atoms with Crippen LogP contribution in [-0.4, -0.2) is 24.5 Å². The number of benzene rings is 8. The van der Waals surface area contributed by atoms with Crippen LogP contribution in [0.4, 0.5) is 11.4 Å². The molecular weight excluding hydrogens is 1040 g/mol. The van der Waals surface area contributed by atoms with E-state index in [1.807, 2.05) is 92.2 Å². The van der Waals surface area contributed by atoms with Crippen LogP contribution < -0.4 is 4.90 Å². The zero-order valence-electron chi connectivity index (χ0n) is 46.7. The molecule has 402 valence electrons. The maximum absolute atomic E-state index is 4.74. The molecule has 1 aliphatic heterocycles. The molecule has 7 heterocycles. The molecule has 15 rings (SSSR count). The Hall–Kier alpha value is -10.6. The number of hydrogen-bond donors (Lipinski definition) is 0. The van der Waals surface area contributed by atoms with Gasteiger partial charge in [0.25, 0.3) is 0 Å². The van der Waals surface area contributed by atoms with E-state index >= 15 is 0 Å². The fourth-order valence-corrected chi connectivity index (χ4v) is 12.3. The first kappa shape index (κ1) is 52.8. The van der Waals surface area contributed by atoms with E-state index in [-0.39, 0.29) is 0 Å². The maximum atomic E-state index is 4.74. The lowest BCUT2D eigenvalue weighted by molar-refractivity contribution is 1.17. The number of aryl methyl sites for hydroxylation is 2. The minimum Gasteiger partial charge on any atom is -0.311 e. The Labute approximate surface area is 494 Å². The number of aromatic nitrogens is 5. The van der Waals surface area contributed by atoms with Crippen LogP contribution in [0.3, 0.4) is 0 Å². The quantitative estimate of drug-likeness (QED) is 0.159. The molecule has 0 unspecified atom stereocenters. The highest BCUT2D eigenvalue weighted by atomic mass is 32.1. The maximum Gasteiger partial charge on any atom is 0.0708 e. The molecule has 6 aromatic heterocycles. The van der Waals surface area contributed by atoms with Crippen LogP contribution in [0, 0.1) is 13.8 Å². The Balaban J connectivity index is 0.000000414. The zero-order valence-corrected chi connectivity index (χ0v) is 47.5. The number of hydrogen-bond acceptors (Lipinski definition) is 6. The summed E-state index contributed by atoms with van der Waals surface area (Å²) in [6.45, 7) is 8.59. The number of allylic oxidation sites excluding steroid dienone is 4. The lowest BCUT2D eigenvalue weighted by atomic mass is 9.94. The fourth-order valence-electron chi connectivity index (χ4n) is 11.3. The van der Waals surface area contributed by atoms with Gasteiger partial charge in [0.1, 0.15) is 0 Å². The fraction of sp³-hybridized carbons (Fsp3) is 0.0390. The predicted molar refractivity (Wildman–Crippen MR) is 354 cm³/mol. The Kier molecular flexibility index (Phi) is 15.0. The Bertz CT molecular complexity index is 4680. The zero-order chi connectivity index (χ0) is 56.8. The topological polar surface area (TPSA) is 59.7 Å². The average molecular weight is 1100 g/mol. The largest absolute Gasteiger partial charge is 0.311 e. The van der Waals surface area contributed by atoms with Crippen molar-refractivity contribution in [3.63, 3.8) is 0 Å². The SMILES string of the molecule is C=C1/C=C\C=C/Cc2cc(-c3ccccc3-c3ccccn3)ccc2N1c1ccc2sc3ccc(-n4c5ccc(-c6ccccc6)cc5c5cc(-c6ccccc6-c6ccccn6)ccc54)cc3c2c1.Cc1ccccn1.Cc1ccccn1. The van der Waals surface area contributed by atoms with Gasteiger partial charge in [-0.1, -0.05) is 146 Å². The average Bonchev–Trinajstić information content (AvgIpc) is 2.46. The molecule has 0 bridgehead atoms. The van der Waals surface area contributed by atoms with Crippen LogP contribution in [0.25, 0.3) is 104 Å². The third kappa shape index (κ3) is 10.9. The molecule has 0 radical (unpaired) electrons. The molecular formula is C77H58N6S. The monoisotopic (exact) mass is 1100 g/mol. The normalized spacial score (nSPS) is 12.8. The van der Waals surface area contributed by atoms with E-state index in [1.54, 1.807) is 12.4 Å². The summed E-state index contributed by atoms with van der Waals surface area (Å²) in [5.74, 6) is 0. The number of fused-ring (bicyclic) bond motifs is 7. The summed E-state index contributed by atoms with van der Waals surface area (Å²) in [5.41, 5.74) is 21.1. The summed E-state index contributed by atoms with van der Waals surface area (Å²) in [5, 5.41) is 4.86. The van der Waals surface area contributed by atoms with E-state index in [1.165, 1.54) is 47.6 Å². The molecule has 6 nitrogen and oxygen atoms in total. The summed E-state index contributed by atoms with van der Waals surface area (Å²) < 4.78 is 4.94. The standard InChI is InChI=1S/C65H44N4S.2C6H7N/c1-43-16-4-2-7-19-48-38-46(51-20-8-10-22-53(51)59-24-12-14-36-66-59)27-31-61(48)68(43)49-29-34-64-57(41-49)58-42-50(30-35-65(58)70-64)69-62-32-26-45(44-17-5-3-6-18-44)39-55(62)56-40-47(28-33-63(56)69)52-21-9-11-23-54(52)60-25-13-15-37-67-60;2*1-6-4-2-3-5-7-6/h2-18,20-42H,1,19H2;2*2-5H,1H3/b7-2-,16-4-;;. The van der Waals surface area contributed by atoms with Gasteiger partial charge in [-0.05, 0) is 187 Å². The van der Waals surface area contributed by atoms with Gasteiger partial charge in [-0.25, -0.2) is 0 Å². The predicted octanol–water partition coefficient (Wildman–Crippen LogP) is 20.4. The van der Waals surface area contributed by atoms with Crippen LogP contribution in [0.2, 0.25) is 0 Å². The molecule has 0 N–H and O–H groups in total. The second-order valence-corrected chi connectivity index (χ2v) is 21.8. The number of rotatable bonds is 7. The summed E-state index contributed by atoms with van der Waals surface area (Å²) in [6, 6.07) is 86.3. The molecule has 84 heavy (non-hydrogen) atoms. The van der Waals surface area contributed by atoms with Gasteiger partial charge >= 0.3 is 0 Å².